The zero-order valence-corrected chi connectivity index (χ0v) is 14.9. The number of nitrogens with zero attached hydrogens (tertiary/aromatic N) is 5. The number of aromatic nitrogens is 4. The van der Waals surface area contributed by atoms with E-state index >= 15 is 0 Å². The van der Waals surface area contributed by atoms with Gasteiger partial charge in [0.1, 0.15) is 5.82 Å². The molecule has 0 saturated carbocycles. The highest BCUT2D eigenvalue weighted by Gasteiger charge is 2.10. The average Bonchev–Trinajstić information content (AvgIpc) is 3.19. The van der Waals surface area contributed by atoms with Gasteiger partial charge < -0.3 is 10.2 Å². The first-order valence-electron chi connectivity index (χ1n) is 7.78. The van der Waals surface area contributed by atoms with Gasteiger partial charge in [-0.3, -0.25) is 9.36 Å². The van der Waals surface area contributed by atoms with Gasteiger partial charge in [-0.2, -0.15) is 10.2 Å². The molecule has 3 rings (SSSR count). The van der Waals surface area contributed by atoms with Crippen molar-refractivity contribution >= 4 is 23.0 Å². The Hall–Kier alpha value is -2.74. The van der Waals surface area contributed by atoms with Crippen LogP contribution in [-0.2, 0) is 20.1 Å². The first-order valence-corrected chi connectivity index (χ1v) is 8.18. The minimum atomic E-state index is -0.237. The molecule has 25 heavy (non-hydrogen) atoms. The number of thiocarbonyl (C=S) groups is 1. The summed E-state index contributed by atoms with van der Waals surface area (Å²) in [5.41, 5.74) is 2.41. The van der Waals surface area contributed by atoms with Crippen molar-refractivity contribution in [1.82, 2.24) is 24.5 Å². The summed E-state index contributed by atoms with van der Waals surface area (Å²) in [4.78, 5) is 1.92. The second-order valence-electron chi connectivity index (χ2n) is 5.75. The van der Waals surface area contributed by atoms with E-state index in [0.717, 1.165) is 11.4 Å². The summed E-state index contributed by atoms with van der Waals surface area (Å²) < 4.78 is 17.2. The molecular formula is C17H19FN6S. The van der Waals surface area contributed by atoms with Gasteiger partial charge in [0.15, 0.2) is 5.11 Å². The van der Waals surface area contributed by atoms with Crippen molar-refractivity contribution in [2.75, 3.05) is 12.4 Å². The Morgan fingerprint density at radius 2 is 2.08 bits per heavy atom. The van der Waals surface area contributed by atoms with Crippen LogP contribution in [0.2, 0.25) is 0 Å². The second-order valence-corrected chi connectivity index (χ2v) is 6.14. The maximum Gasteiger partial charge on any atom is 0.173 e. The van der Waals surface area contributed by atoms with Crippen LogP contribution in [0.15, 0.2) is 48.9 Å². The van der Waals surface area contributed by atoms with Crippen LogP contribution >= 0.6 is 12.2 Å². The molecule has 0 spiro atoms. The van der Waals surface area contributed by atoms with Crippen molar-refractivity contribution in [2.24, 2.45) is 7.05 Å². The minimum Gasteiger partial charge on any atom is -0.346 e. The van der Waals surface area contributed by atoms with E-state index < -0.39 is 0 Å². The predicted molar refractivity (Wildman–Crippen MR) is 98.6 cm³/mol. The lowest BCUT2D eigenvalue weighted by Crippen LogP contribution is -2.31. The zero-order chi connectivity index (χ0) is 17.8. The lowest BCUT2D eigenvalue weighted by Gasteiger charge is -2.20. The molecule has 0 aliphatic heterocycles. The smallest absolute Gasteiger partial charge is 0.173 e. The van der Waals surface area contributed by atoms with Crippen LogP contribution < -0.4 is 5.32 Å². The summed E-state index contributed by atoms with van der Waals surface area (Å²) in [6.07, 6.45) is 5.23. The van der Waals surface area contributed by atoms with Crippen LogP contribution in [0, 0.1) is 5.82 Å². The van der Waals surface area contributed by atoms with Crippen LogP contribution in [0.3, 0.4) is 0 Å². The molecule has 0 fully saturated rings. The fourth-order valence-electron chi connectivity index (χ4n) is 2.41. The maximum atomic E-state index is 13.7. The number of halogens is 1. The number of nitrogens with one attached hydrogen (secondary N) is 1. The predicted octanol–water partition coefficient (Wildman–Crippen LogP) is 2.63. The molecule has 0 atom stereocenters. The topological polar surface area (TPSA) is 50.9 Å². The van der Waals surface area contributed by atoms with Gasteiger partial charge in [0.2, 0.25) is 0 Å². The molecule has 0 amide bonds. The Morgan fingerprint density at radius 3 is 2.80 bits per heavy atom. The van der Waals surface area contributed by atoms with Gasteiger partial charge in [-0.25, -0.2) is 4.39 Å². The van der Waals surface area contributed by atoms with Gasteiger partial charge in [-0.1, -0.05) is 18.2 Å². The molecule has 2 heterocycles. The van der Waals surface area contributed by atoms with Crippen LogP contribution in [-0.4, -0.2) is 36.6 Å². The highest BCUT2D eigenvalue weighted by molar-refractivity contribution is 7.80. The van der Waals surface area contributed by atoms with E-state index in [9.17, 15) is 4.39 Å². The van der Waals surface area contributed by atoms with Crippen LogP contribution in [0.25, 0.3) is 0 Å². The lowest BCUT2D eigenvalue weighted by atomic mass is 10.2. The van der Waals surface area contributed by atoms with E-state index in [1.54, 1.807) is 35.4 Å². The number of rotatable bonds is 5. The Balaban J connectivity index is 1.60. The van der Waals surface area contributed by atoms with E-state index in [0.29, 0.717) is 23.8 Å². The second kappa shape index (κ2) is 7.43. The van der Waals surface area contributed by atoms with Crippen molar-refractivity contribution in [2.45, 2.75) is 13.1 Å². The number of hydrogen-bond donors (Lipinski definition) is 1. The van der Waals surface area contributed by atoms with Crippen molar-refractivity contribution in [3.05, 3.63) is 66.0 Å². The first-order chi connectivity index (χ1) is 12.0. The lowest BCUT2D eigenvalue weighted by molar-refractivity contribution is 0.482. The maximum absolute atomic E-state index is 13.7. The van der Waals surface area contributed by atoms with Crippen LogP contribution in [0.4, 0.5) is 10.1 Å². The molecule has 130 valence electrons. The highest BCUT2D eigenvalue weighted by atomic mass is 32.1. The van der Waals surface area contributed by atoms with E-state index in [1.807, 2.05) is 35.8 Å². The molecule has 6 nitrogen and oxygen atoms in total. The summed E-state index contributed by atoms with van der Waals surface area (Å²) >= 11 is 5.42. The van der Waals surface area contributed by atoms with Gasteiger partial charge >= 0.3 is 0 Å². The standard InChI is InChI=1S/C17H19FN6S/c1-22(12-15-7-8-19-23(15)2)17(25)21-14-9-20-24(11-14)10-13-5-3-4-6-16(13)18/h3-9,11H,10,12H2,1-2H3,(H,21,25). The molecule has 0 unspecified atom stereocenters. The molecule has 3 aromatic rings. The summed E-state index contributed by atoms with van der Waals surface area (Å²) in [6.45, 7) is 1.01. The minimum absolute atomic E-state index is 0.237. The Morgan fingerprint density at radius 1 is 1.28 bits per heavy atom. The third-order valence-corrected chi connectivity index (χ3v) is 4.26. The third kappa shape index (κ3) is 4.21. The molecule has 0 saturated heterocycles. The first kappa shape index (κ1) is 17.1. The summed E-state index contributed by atoms with van der Waals surface area (Å²) in [6, 6.07) is 8.62. The monoisotopic (exact) mass is 358 g/mol. The quantitative estimate of drug-likeness (QED) is 0.711. The number of benzene rings is 1. The molecule has 0 aliphatic rings. The Kier molecular flexibility index (Phi) is 5.08. The normalized spacial score (nSPS) is 10.7. The van der Waals surface area contributed by atoms with E-state index in [1.165, 1.54) is 6.07 Å². The van der Waals surface area contributed by atoms with E-state index in [2.05, 4.69) is 15.5 Å². The fraction of sp³-hybridized carbons (Fsp3) is 0.235. The number of anilines is 1. The molecule has 1 aromatic carbocycles. The van der Waals surface area contributed by atoms with Gasteiger partial charge in [0.05, 0.1) is 30.7 Å². The zero-order valence-electron chi connectivity index (χ0n) is 14.1. The highest BCUT2D eigenvalue weighted by Crippen LogP contribution is 2.12. The molecule has 0 bridgehead atoms. The Labute approximate surface area is 150 Å². The van der Waals surface area contributed by atoms with Crippen molar-refractivity contribution in [1.29, 1.82) is 0 Å². The molecular weight excluding hydrogens is 339 g/mol. The Bertz CT molecular complexity index is 871. The third-order valence-electron chi connectivity index (χ3n) is 3.84. The van der Waals surface area contributed by atoms with Crippen molar-refractivity contribution in [3.63, 3.8) is 0 Å². The number of aryl methyl sites for hydroxylation is 1. The molecule has 0 aliphatic carbocycles. The van der Waals surface area contributed by atoms with Gasteiger partial charge in [0, 0.05) is 32.1 Å². The summed E-state index contributed by atoms with van der Waals surface area (Å²) in [7, 11) is 3.80. The van der Waals surface area contributed by atoms with Crippen LogP contribution in [0.5, 0.6) is 0 Å². The van der Waals surface area contributed by atoms with Crippen molar-refractivity contribution in [3.8, 4) is 0 Å². The number of hydrogen-bond acceptors (Lipinski definition) is 3. The largest absolute Gasteiger partial charge is 0.346 e. The van der Waals surface area contributed by atoms with Crippen molar-refractivity contribution < 1.29 is 4.39 Å². The molecule has 2 aromatic heterocycles. The van der Waals surface area contributed by atoms with Crippen LogP contribution in [0.1, 0.15) is 11.3 Å². The molecule has 0 radical (unpaired) electrons. The average molecular weight is 358 g/mol. The van der Waals surface area contributed by atoms with Gasteiger partial charge in [-0.15, -0.1) is 0 Å². The summed E-state index contributed by atoms with van der Waals surface area (Å²) in [5, 5.41) is 12.1. The van der Waals surface area contributed by atoms with E-state index in [4.69, 9.17) is 12.2 Å². The van der Waals surface area contributed by atoms with E-state index in [-0.39, 0.29) is 5.82 Å². The van der Waals surface area contributed by atoms with Gasteiger partial charge in [0.25, 0.3) is 0 Å². The SMILES string of the molecule is CN(Cc1ccnn1C)C(=S)Nc1cnn(Cc2ccccc2F)c1. The molecule has 1 N–H and O–H groups in total. The van der Waals surface area contributed by atoms with Gasteiger partial charge in [-0.05, 0) is 24.4 Å². The summed E-state index contributed by atoms with van der Waals surface area (Å²) in [5.74, 6) is -0.237. The fourth-order valence-corrected chi connectivity index (χ4v) is 2.59. The molecule has 8 heteroatoms.